The van der Waals surface area contributed by atoms with Gasteiger partial charge in [-0.2, -0.15) is 13.2 Å². The van der Waals surface area contributed by atoms with Crippen molar-refractivity contribution in [3.05, 3.63) is 71.6 Å². The Morgan fingerprint density at radius 1 is 1.14 bits per heavy atom. The Kier molecular flexibility index (Phi) is 6.01. The molecule has 1 atom stereocenters. The molecule has 0 radical (unpaired) electrons. The highest BCUT2D eigenvalue weighted by molar-refractivity contribution is 6.30. The first kappa shape index (κ1) is 19.9. The van der Waals surface area contributed by atoms with Gasteiger partial charge in [-0.05, 0) is 29.8 Å². The molecule has 0 saturated carbocycles. The smallest absolute Gasteiger partial charge is 0.422 e. The van der Waals surface area contributed by atoms with Gasteiger partial charge in [0, 0.05) is 28.5 Å². The molecule has 0 fully saturated rings. The molecule has 1 aromatic carbocycles. The molecule has 2 heterocycles. The van der Waals surface area contributed by atoms with Crippen LogP contribution in [0.5, 0.6) is 5.88 Å². The van der Waals surface area contributed by atoms with Gasteiger partial charge in [-0.3, -0.25) is 4.98 Å². The molecule has 0 spiro atoms. The Labute approximate surface area is 163 Å². The Hall–Kier alpha value is -2.84. The fourth-order valence-corrected chi connectivity index (χ4v) is 2.54. The highest BCUT2D eigenvalue weighted by Gasteiger charge is 2.29. The van der Waals surface area contributed by atoms with E-state index in [4.69, 9.17) is 16.3 Å². The van der Waals surface area contributed by atoms with Crippen LogP contribution in [0.3, 0.4) is 0 Å². The van der Waals surface area contributed by atoms with Gasteiger partial charge in [0.25, 0.3) is 0 Å². The standard InChI is InChI=1S/C19H15ClF3N3O2/c20-14-5-3-12(4-6-14)16-8-15(10-25-18(16)28-11-19(21,22)23)26-17(27)13-2-1-7-24-9-13/h1-10,17,26-27H,11H2. The topological polar surface area (TPSA) is 67.3 Å². The van der Waals surface area contributed by atoms with E-state index in [1.54, 1.807) is 48.7 Å². The van der Waals surface area contributed by atoms with Gasteiger partial charge >= 0.3 is 6.18 Å². The number of hydrogen-bond acceptors (Lipinski definition) is 5. The van der Waals surface area contributed by atoms with Crippen LogP contribution in [0.25, 0.3) is 11.1 Å². The zero-order valence-electron chi connectivity index (χ0n) is 14.3. The van der Waals surface area contributed by atoms with Crippen molar-refractivity contribution >= 4 is 17.3 Å². The Bertz CT molecular complexity index is 922. The highest BCUT2D eigenvalue weighted by Crippen LogP contribution is 2.33. The summed E-state index contributed by atoms with van der Waals surface area (Å²) in [5.74, 6) is -0.180. The van der Waals surface area contributed by atoms with Crippen molar-refractivity contribution in [3.63, 3.8) is 0 Å². The normalized spacial score (nSPS) is 12.5. The molecule has 9 heteroatoms. The summed E-state index contributed by atoms with van der Waals surface area (Å²) < 4.78 is 42.5. The molecule has 0 aliphatic heterocycles. The van der Waals surface area contributed by atoms with Gasteiger partial charge in [-0.1, -0.05) is 29.8 Å². The summed E-state index contributed by atoms with van der Waals surface area (Å²) in [6.45, 7) is -1.47. The second kappa shape index (κ2) is 8.45. The maximum absolute atomic E-state index is 12.5. The minimum absolute atomic E-state index is 0.180. The monoisotopic (exact) mass is 409 g/mol. The summed E-state index contributed by atoms with van der Waals surface area (Å²) >= 11 is 5.88. The molecule has 5 nitrogen and oxygen atoms in total. The molecule has 2 aromatic heterocycles. The van der Waals surface area contributed by atoms with Crippen LogP contribution in [0.4, 0.5) is 18.9 Å². The van der Waals surface area contributed by atoms with Crippen LogP contribution >= 0.6 is 11.6 Å². The van der Waals surface area contributed by atoms with Gasteiger partial charge in [0.2, 0.25) is 5.88 Å². The lowest BCUT2D eigenvalue weighted by molar-refractivity contribution is -0.154. The number of benzene rings is 1. The van der Waals surface area contributed by atoms with E-state index in [-0.39, 0.29) is 5.88 Å². The number of alkyl halides is 3. The van der Waals surface area contributed by atoms with Crippen LogP contribution in [0, 0.1) is 0 Å². The molecule has 146 valence electrons. The van der Waals surface area contributed by atoms with Crippen LogP contribution < -0.4 is 10.1 Å². The number of pyridine rings is 2. The molecule has 0 saturated heterocycles. The van der Waals surface area contributed by atoms with Crippen LogP contribution in [-0.4, -0.2) is 27.9 Å². The van der Waals surface area contributed by atoms with Crippen molar-refractivity contribution in [2.45, 2.75) is 12.4 Å². The fourth-order valence-electron chi connectivity index (χ4n) is 2.41. The van der Waals surface area contributed by atoms with E-state index in [0.29, 0.717) is 27.4 Å². The molecule has 0 amide bonds. The molecule has 3 aromatic rings. The van der Waals surface area contributed by atoms with E-state index in [1.807, 2.05) is 0 Å². The lowest BCUT2D eigenvalue weighted by Crippen LogP contribution is -2.20. The van der Waals surface area contributed by atoms with Gasteiger partial charge < -0.3 is 15.2 Å². The quantitative estimate of drug-likeness (QED) is 0.570. The van der Waals surface area contributed by atoms with Gasteiger partial charge in [0.1, 0.15) is 0 Å². The van der Waals surface area contributed by atoms with Gasteiger partial charge in [-0.15, -0.1) is 0 Å². The molecule has 0 aliphatic rings. The third kappa shape index (κ3) is 5.34. The summed E-state index contributed by atoms with van der Waals surface area (Å²) in [6.07, 6.45) is -1.22. The van der Waals surface area contributed by atoms with Crippen molar-refractivity contribution in [1.82, 2.24) is 9.97 Å². The summed E-state index contributed by atoms with van der Waals surface area (Å²) in [6, 6.07) is 11.4. The van der Waals surface area contributed by atoms with E-state index in [1.165, 1.54) is 12.4 Å². The van der Waals surface area contributed by atoms with Gasteiger partial charge in [0.15, 0.2) is 12.8 Å². The Morgan fingerprint density at radius 3 is 2.54 bits per heavy atom. The SMILES string of the molecule is OC(Nc1cnc(OCC(F)(F)F)c(-c2ccc(Cl)cc2)c1)c1cccnc1. The van der Waals surface area contributed by atoms with Crippen molar-refractivity contribution in [3.8, 4) is 17.0 Å². The number of aromatic nitrogens is 2. The van der Waals surface area contributed by atoms with Crippen molar-refractivity contribution in [1.29, 1.82) is 0 Å². The summed E-state index contributed by atoms with van der Waals surface area (Å²) in [5, 5.41) is 13.6. The van der Waals surface area contributed by atoms with Gasteiger partial charge in [0.05, 0.1) is 11.9 Å². The van der Waals surface area contributed by atoms with Crippen LogP contribution in [0.1, 0.15) is 11.8 Å². The van der Waals surface area contributed by atoms with E-state index in [2.05, 4.69) is 15.3 Å². The molecule has 3 rings (SSSR count). The minimum atomic E-state index is -4.49. The molecular formula is C19H15ClF3N3O2. The predicted octanol–water partition coefficient (Wildman–Crippen LogP) is 4.84. The molecule has 0 bridgehead atoms. The molecule has 28 heavy (non-hydrogen) atoms. The number of rotatable bonds is 6. The zero-order valence-corrected chi connectivity index (χ0v) is 15.1. The molecule has 0 aliphatic carbocycles. The average Bonchev–Trinajstić information content (AvgIpc) is 2.67. The number of ether oxygens (including phenoxy) is 1. The largest absolute Gasteiger partial charge is 0.468 e. The third-order valence-electron chi connectivity index (χ3n) is 3.68. The van der Waals surface area contributed by atoms with E-state index in [0.717, 1.165) is 0 Å². The number of aliphatic hydroxyl groups excluding tert-OH is 1. The number of aliphatic hydroxyl groups is 1. The second-order valence-corrected chi connectivity index (χ2v) is 6.26. The first-order chi connectivity index (χ1) is 13.3. The first-order valence-electron chi connectivity index (χ1n) is 8.12. The van der Waals surface area contributed by atoms with Gasteiger partial charge in [-0.25, -0.2) is 4.98 Å². The van der Waals surface area contributed by atoms with E-state index in [9.17, 15) is 18.3 Å². The first-order valence-corrected chi connectivity index (χ1v) is 8.50. The Balaban J connectivity index is 1.90. The maximum Gasteiger partial charge on any atom is 0.422 e. The second-order valence-electron chi connectivity index (χ2n) is 5.82. The number of nitrogens with zero attached hydrogens (tertiary/aromatic N) is 2. The Morgan fingerprint density at radius 2 is 1.89 bits per heavy atom. The lowest BCUT2D eigenvalue weighted by atomic mass is 10.1. The van der Waals surface area contributed by atoms with Crippen molar-refractivity contribution in [2.75, 3.05) is 11.9 Å². The van der Waals surface area contributed by atoms with Crippen molar-refractivity contribution in [2.24, 2.45) is 0 Å². The molecule has 1 unspecified atom stereocenters. The zero-order chi connectivity index (χ0) is 20.1. The van der Waals surface area contributed by atoms with Crippen LogP contribution in [0.2, 0.25) is 5.02 Å². The summed E-state index contributed by atoms with van der Waals surface area (Å²) in [4.78, 5) is 7.91. The number of nitrogens with one attached hydrogen (secondary N) is 1. The average molecular weight is 410 g/mol. The van der Waals surface area contributed by atoms with E-state index < -0.39 is 19.0 Å². The maximum atomic E-state index is 12.5. The third-order valence-corrected chi connectivity index (χ3v) is 3.93. The minimum Gasteiger partial charge on any atom is -0.468 e. The molecular weight excluding hydrogens is 395 g/mol. The fraction of sp³-hybridized carbons (Fsp3) is 0.158. The number of hydrogen-bond donors (Lipinski definition) is 2. The van der Waals surface area contributed by atoms with E-state index >= 15 is 0 Å². The number of anilines is 1. The van der Waals surface area contributed by atoms with Crippen LogP contribution in [0.15, 0.2) is 61.1 Å². The van der Waals surface area contributed by atoms with Crippen molar-refractivity contribution < 1.29 is 23.0 Å². The highest BCUT2D eigenvalue weighted by atomic mass is 35.5. The number of halogens is 4. The summed E-state index contributed by atoms with van der Waals surface area (Å²) in [7, 11) is 0. The summed E-state index contributed by atoms with van der Waals surface area (Å²) in [5.41, 5.74) is 1.80. The van der Waals surface area contributed by atoms with Crippen LogP contribution in [-0.2, 0) is 0 Å². The lowest BCUT2D eigenvalue weighted by Gasteiger charge is -2.17. The predicted molar refractivity (Wildman–Crippen MR) is 99.1 cm³/mol. The molecule has 2 N–H and O–H groups in total.